The molecule has 0 heterocycles. The third-order valence-electron chi connectivity index (χ3n) is 3.39. The van der Waals surface area contributed by atoms with E-state index in [9.17, 15) is 9.90 Å². The molecule has 0 unspecified atom stereocenters. The number of amides is 1. The van der Waals surface area contributed by atoms with E-state index >= 15 is 0 Å². The van der Waals surface area contributed by atoms with Crippen LogP contribution < -0.4 is 5.43 Å². The number of nitrogens with one attached hydrogen (secondary N) is 1. The van der Waals surface area contributed by atoms with Crippen molar-refractivity contribution in [2.24, 2.45) is 5.10 Å². The van der Waals surface area contributed by atoms with E-state index in [1.165, 1.54) is 6.21 Å². The molecule has 0 saturated heterocycles. The molecular formula is C18H13BrN2O2. The number of hydrazone groups is 1. The molecule has 114 valence electrons. The van der Waals surface area contributed by atoms with Gasteiger partial charge in [0.1, 0.15) is 5.75 Å². The Morgan fingerprint density at radius 1 is 1.09 bits per heavy atom. The maximum Gasteiger partial charge on any atom is 0.271 e. The third kappa shape index (κ3) is 3.40. The number of fused-ring (bicyclic) bond motifs is 1. The number of hydrogen-bond donors (Lipinski definition) is 2. The minimum absolute atomic E-state index is 0.155. The Hall–Kier alpha value is -2.66. The van der Waals surface area contributed by atoms with Crippen molar-refractivity contribution >= 4 is 38.8 Å². The van der Waals surface area contributed by atoms with Crippen LogP contribution >= 0.6 is 15.9 Å². The first-order valence-electron chi connectivity index (χ1n) is 6.95. The molecule has 0 fully saturated rings. The zero-order valence-corrected chi connectivity index (χ0v) is 13.6. The van der Waals surface area contributed by atoms with E-state index in [2.05, 4.69) is 26.5 Å². The molecule has 23 heavy (non-hydrogen) atoms. The number of carbonyl (C=O) groups is 1. The summed E-state index contributed by atoms with van der Waals surface area (Å²) in [7, 11) is 0. The number of hydrogen-bond acceptors (Lipinski definition) is 3. The first-order valence-corrected chi connectivity index (χ1v) is 7.74. The molecule has 2 N–H and O–H groups in total. The summed E-state index contributed by atoms with van der Waals surface area (Å²) in [5, 5.41) is 15.3. The zero-order valence-electron chi connectivity index (χ0n) is 12.0. The molecule has 3 aromatic rings. The summed E-state index contributed by atoms with van der Waals surface area (Å²) < 4.78 is 0.571. The van der Waals surface area contributed by atoms with Crippen molar-refractivity contribution in [2.45, 2.75) is 0 Å². The summed E-state index contributed by atoms with van der Waals surface area (Å²) in [4.78, 5) is 12.3. The number of benzene rings is 3. The summed E-state index contributed by atoms with van der Waals surface area (Å²) in [6.07, 6.45) is 1.52. The van der Waals surface area contributed by atoms with Crippen molar-refractivity contribution in [1.82, 2.24) is 5.43 Å². The SMILES string of the molecule is O=C(N/N=C\c1ccc(O)c(Br)c1)c1cccc2ccccc12. The molecule has 3 aromatic carbocycles. The van der Waals surface area contributed by atoms with Gasteiger partial charge in [-0.2, -0.15) is 5.10 Å². The monoisotopic (exact) mass is 368 g/mol. The van der Waals surface area contributed by atoms with E-state index in [1.807, 2.05) is 36.4 Å². The van der Waals surface area contributed by atoms with Gasteiger partial charge in [-0.1, -0.05) is 36.4 Å². The molecule has 0 atom stereocenters. The molecule has 1 amide bonds. The fraction of sp³-hybridized carbons (Fsp3) is 0. The highest BCUT2D eigenvalue weighted by atomic mass is 79.9. The minimum atomic E-state index is -0.268. The second-order valence-electron chi connectivity index (χ2n) is 4.94. The molecule has 0 aliphatic carbocycles. The van der Waals surface area contributed by atoms with Gasteiger partial charge in [0.25, 0.3) is 5.91 Å². The summed E-state index contributed by atoms with van der Waals surface area (Å²) in [5.41, 5.74) is 3.86. The van der Waals surface area contributed by atoms with Crippen LogP contribution in [0.5, 0.6) is 5.75 Å². The van der Waals surface area contributed by atoms with Crippen molar-refractivity contribution in [2.75, 3.05) is 0 Å². The Balaban J connectivity index is 1.78. The number of halogens is 1. The van der Waals surface area contributed by atoms with Gasteiger partial charge in [-0.15, -0.1) is 0 Å². The molecule has 0 radical (unpaired) electrons. The van der Waals surface area contributed by atoms with Crippen LogP contribution in [0.2, 0.25) is 0 Å². The molecule has 0 spiro atoms. The van der Waals surface area contributed by atoms with Crippen LogP contribution in [0, 0.1) is 0 Å². The molecule has 3 rings (SSSR count). The summed E-state index contributed by atoms with van der Waals surface area (Å²) >= 11 is 3.23. The molecule has 0 aliphatic rings. The average Bonchev–Trinajstić information content (AvgIpc) is 2.57. The number of phenols is 1. The lowest BCUT2D eigenvalue weighted by Crippen LogP contribution is -2.17. The fourth-order valence-corrected chi connectivity index (χ4v) is 2.65. The highest BCUT2D eigenvalue weighted by molar-refractivity contribution is 9.10. The van der Waals surface area contributed by atoms with Gasteiger partial charge in [0.05, 0.1) is 10.7 Å². The second kappa shape index (κ2) is 6.62. The second-order valence-corrected chi connectivity index (χ2v) is 5.79. The number of nitrogens with zero attached hydrogens (tertiary/aromatic N) is 1. The third-order valence-corrected chi connectivity index (χ3v) is 4.02. The normalized spacial score (nSPS) is 11.0. The number of phenolic OH excluding ortho intramolecular Hbond substituents is 1. The van der Waals surface area contributed by atoms with Crippen molar-refractivity contribution in [3.05, 3.63) is 76.3 Å². The highest BCUT2D eigenvalue weighted by Gasteiger charge is 2.08. The maximum atomic E-state index is 12.3. The average molecular weight is 369 g/mol. The van der Waals surface area contributed by atoms with Gasteiger partial charge in [-0.3, -0.25) is 4.79 Å². The van der Waals surface area contributed by atoms with E-state index in [-0.39, 0.29) is 11.7 Å². The molecule has 0 aromatic heterocycles. The molecular weight excluding hydrogens is 356 g/mol. The van der Waals surface area contributed by atoms with Crippen LogP contribution in [0.4, 0.5) is 0 Å². The van der Waals surface area contributed by atoms with Gasteiger partial charge < -0.3 is 5.11 Å². The fourth-order valence-electron chi connectivity index (χ4n) is 2.25. The number of carbonyl (C=O) groups excluding carboxylic acids is 1. The van der Waals surface area contributed by atoms with E-state index in [0.29, 0.717) is 10.0 Å². The molecule has 5 heteroatoms. The maximum absolute atomic E-state index is 12.3. The predicted octanol–water partition coefficient (Wildman–Crippen LogP) is 4.07. The quantitative estimate of drug-likeness (QED) is 0.540. The smallest absolute Gasteiger partial charge is 0.271 e. The molecule has 4 nitrogen and oxygen atoms in total. The lowest BCUT2D eigenvalue weighted by molar-refractivity contribution is 0.0957. The summed E-state index contributed by atoms with van der Waals surface area (Å²) in [6.45, 7) is 0. The number of aromatic hydroxyl groups is 1. The van der Waals surface area contributed by atoms with E-state index in [1.54, 1.807) is 24.3 Å². The van der Waals surface area contributed by atoms with Crippen molar-refractivity contribution in [3.8, 4) is 5.75 Å². The van der Waals surface area contributed by atoms with Gasteiger partial charge >= 0.3 is 0 Å². The Bertz CT molecular complexity index is 901. The standard InChI is InChI=1S/C18H13BrN2O2/c19-16-10-12(8-9-17(16)22)11-20-21-18(23)15-7-3-5-13-4-1-2-6-14(13)15/h1-11,22H,(H,21,23)/b20-11-. The molecule has 0 aliphatic heterocycles. The van der Waals surface area contributed by atoms with E-state index in [0.717, 1.165) is 16.3 Å². The van der Waals surface area contributed by atoms with E-state index < -0.39 is 0 Å². The van der Waals surface area contributed by atoms with Gasteiger partial charge in [0.15, 0.2) is 0 Å². The van der Waals surface area contributed by atoms with Gasteiger partial charge in [0, 0.05) is 5.56 Å². The lowest BCUT2D eigenvalue weighted by atomic mass is 10.0. The molecule has 0 bridgehead atoms. The Labute approximate surface area is 141 Å². The first-order chi connectivity index (χ1) is 11.1. The summed E-state index contributed by atoms with van der Waals surface area (Å²) in [5.74, 6) is -0.113. The van der Waals surface area contributed by atoms with E-state index in [4.69, 9.17) is 0 Å². The minimum Gasteiger partial charge on any atom is -0.507 e. The zero-order chi connectivity index (χ0) is 16.2. The predicted molar refractivity (Wildman–Crippen MR) is 94.8 cm³/mol. The first kappa shape index (κ1) is 15.2. The highest BCUT2D eigenvalue weighted by Crippen LogP contribution is 2.23. The van der Waals surface area contributed by atoms with Gasteiger partial charge in [-0.25, -0.2) is 5.43 Å². The van der Waals surface area contributed by atoms with Crippen molar-refractivity contribution < 1.29 is 9.90 Å². The lowest BCUT2D eigenvalue weighted by Gasteiger charge is -2.04. The van der Waals surface area contributed by atoms with Crippen LogP contribution in [0.1, 0.15) is 15.9 Å². The molecule has 0 saturated carbocycles. The number of rotatable bonds is 3. The largest absolute Gasteiger partial charge is 0.507 e. The van der Waals surface area contributed by atoms with Crippen molar-refractivity contribution in [1.29, 1.82) is 0 Å². The van der Waals surface area contributed by atoms with Crippen LogP contribution in [-0.4, -0.2) is 17.2 Å². The van der Waals surface area contributed by atoms with Crippen LogP contribution in [0.3, 0.4) is 0 Å². The summed E-state index contributed by atoms with van der Waals surface area (Å²) in [6, 6.07) is 18.2. The topological polar surface area (TPSA) is 61.7 Å². The van der Waals surface area contributed by atoms with Crippen molar-refractivity contribution in [3.63, 3.8) is 0 Å². The Morgan fingerprint density at radius 3 is 2.70 bits per heavy atom. The van der Waals surface area contributed by atoms with Crippen LogP contribution in [0.25, 0.3) is 10.8 Å². The van der Waals surface area contributed by atoms with Crippen LogP contribution in [0.15, 0.2) is 70.2 Å². The van der Waals surface area contributed by atoms with Gasteiger partial charge in [-0.05, 0) is 56.5 Å². The van der Waals surface area contributed by atoms with Crippen LogP contribution in [-0.2, 0) is 0 Å². The Morgan fingerprint density at radius 2 is 1.87 bits per heavy atom. The van der Waals surface area contributed by atoms with Gasteiger partial charge in [0.2, 0.25) is 0 Å². The Kier molecular flexibility index (Phi) is 4.39.